The predicted molar refractivity (Wildman–Crippen MR) is 87.9 cm³/mol. The van der Waals surface area contributed by atoms with Crippen LogP contribution in [-0.4, -0.2) is 37.8 Å². The first kappa shape index (κ1) is 16.2. The monoisotopic (exact) mass is 291 g/mol. The lowest BCUT2D eigenvalue weighted by Gasteiger charge is -2.27. The second-order valence-electron chi connectivity index (χ2n) is 6.88. The Balaban J connectivity index is 2.29. The molecule has 1 fully saturated rings. The molecule has 2 rings (SSSR count). The molecule has 1 aliphatic rings. The zero-order chi connectivity index (χ0) is 15.5. The molecular weight excluding hydrogens is 262 g/mol. The minimum atomic E-state index is 0.0595. The molecule has 1 atom stereocenters. The quantitative estimate of drug-likeness (QED) is 0.905. The lowest BCUT2D eigenvalue weighted by atomic mass is 9.90. The molecular formula is C17H29N3O. The molecule has 2 heterocycles. The average molecular weight is 291 g/mol. The van der Waals surface area contributed by atoms with Crippen molar-refractivity contribution in [3.63, 3.8) is 0 Å². The number of rotatable bonds is 5. The molecule has 0 aliphatic carbocycles. The van der Waals surface area contributed by atoms with Gasteiger partial charge in [-0.1, -0.05) is 27.7 Å². The van der Waals surface area contributed by atoms with Crippen LogP contribution >= 0.6 is 0 Å². The molecule has 1 saturated heterocycles. The SMILES string of the molecule is CCNCc1cc(N(C)C2CCOC2)nc(C(C)(C)C)c1. The van der Waals surface area contributed by atoms with E-state index in [0.29, 0.717) is 6.04 Å². The van der Waals surface area contributed by atoms with Crippen molar-refractivity contribution in [2.24, 2.45) is 0 Å². The summed E-state index contributed by atoms with van der Waals surface area (Å²) >= 11 is 0. The predicted octanol–water partition coefficient (Wildman–Crippen LogP) is 2.71. The zero-order valence-electron chi connectivity index (χ0n) is 14.1. The van der Waals surface area contributed by atoms with Gasteiger partial charge >= 0.3 is 0 Å². The smallest absolute Gasteiger partial charge is 0.129 e. The minimum Gasteiger partial charge on any atom is -0.379 e. The van der Waals surface area contributed by atoms with Crippen LogP contribution in [0.2, 0.25) is 0 Å². The standard InChI is InChI=1S/C17H29N3O/c1-6-18-11-13-9-15(17(2,3)4)19-16(10-13)20(5)14-7-8-21-12-14/h9-10,14,18H,6-8,11-12H2,1-5H3. The van der Waals surface area contributed by atoms with Crippen LogP contribution in [0, 0.1) is 0 Å². The Hall–Kier alpha value is -1.13. The summed E-state index contributed by atoms with van der Waals surface area (Å²) < 4.78 is 5.51. The van der Waals surface area contributed by atoms with Gasteiger partial charge < -0.3 is 15.0 Å². The summed E-state index contributed by atoms with van der Waals surface area (Å²) in [6.45, 7) is 12.3. The highest BCUT2D eigenvalue weighted by Gasteiger charge is 2.24. The van der Waals surface area contributed by atoms with Gasteiger partial charge in [-0.3, -0.25) is 0 Å². The molecule has 1 aromatic rings. The summed E-state index contributed by atoms with van der Waals surface area (Å²) in [6, 6.07) is 4.88. The molecule has 4 heteroatoms. The Labute approximate surface area is 128 Å². The van der Waals surface area contributed by atoms with E-state index in [2.05, 4.69) is 57.1 Å². The largest absolute Gasteiger partial charge is 0.379 e. The average Bonchev–Trinajstić information content (AvgIpc) is 2.97. The number of hydrogen-bond donors (Lipinski definition) is 1. The number of nitrogens with one attached hydrogen (secondary N) is 1. The highest BCUT2D eigenvalue weighted by molar-refractivity contribution is 5.44. The number of aromatic nitrogens is 1. The summed E-state index contributed by atoms with van der Waals surface area (Å²) in [4.78, 5) is 7.18. The van der Waals surface area contributed by atoms with Crippen molar-refractivity contribution in [1.82, 2.24) is 10.3 Å². The fraction of sp³-hybridized carbons (Fsp3) is 0.706. The van der Waals surface area contributed by atoms with E-state index < -0.39 is 0 Å². The van der Waals surface area contributed by atoms with Crippen LogP contribution in [0.1, 0.15) is 45.4 Å². The summed E-state index contributed by atoms with van der Waals surface area (Å²) in [5.41, 5.74) is 2.51. The lowest BCUT2D eigenvalue weighted by molar-refractivity contribution is 0.193. The minimum absolute atomic E-state index is 0.0595. The molecule has 0 saturated carbocycles. The molecule has 1 aromatic heterocycles. The highest BCUT2D eigenvalue weighted by atomic mass is 16.5. The van der Waals surface area contributed by atoms with Crippen molar-refractivity contribution in [2.45, 2.75) is 52.1 Å². The first-order chi connectivity index (χ1) is 9.91. The van der Waals surface area contributed by atoms with Crippen LogP contribution in [0.5, 0.6) is 0 Å². The fourth-order valence-electron chi connectivity index (χ4n) is 2.52. The topological polar surface area (TPSA) is 37.4 Å². The number of anilines is 1. The van der Waals surface area contributed by atoms with Gasteiger partial charge in [0.1, 0.15) is 5.82 Å². The van der Waals surface area contributed by atoms with Crippen molar-refractivity contribution < 1.29 is 4.74 Å². The number of hydrogen-bond acceptors (Lipinski definition) is 4. The maximum Gasteiger partial charge on any atom is 0.129 e. The van der Waals surface area contributed by atoms with Crippen LogP contribution in [0.25, 0.3) is 0 Å². The molecule has 1 N–H and O–H groups in total. The van der Waals surface area contributed by atoms with Crippen molar-refractivity contribution in [3.05, 3.63) is 23.4 Å². The molecule has 21 heavy (non-hydrogen) atoms. The summed E-state index contributed by atoms with van der Waals surface area (Å²) in [5, 5.41) is 3.41. The van der Waals surface area contributed by atoms with Crippen LogP contribution in [-0.2, 0) is 16.7 Å². The Morgan fingerprint density at radius 3 is 2.71 bits per heavy atom. The van der Waals surface area contributed by atoms with E-state index in [0.717, 1.165) is 44.2 Å². The molecule has 0 spiro atoms. The summed E-state index contributed by atoms with van der Waals surface area (Å²) in [7, 11) is 2.13. The van der Waals surface area contributed by atoms with Crippen molar-refractivity contribution in [1.29, 1.82) is 0 Å². The van der Waals surface area contributed by atoms with Crippen LogP contribution in [0.15, 0.2) is 12.1 Å². The molecule has 118 valence electrons. The van der Waals surface area contributed by atoms with E-state index in [1.54, 1.807) is 0 Å². The molecule has 1 aliphatic heterocycles. The zero-order valence-corrected chi connectivity index (χ0v) is 14.1. The van der Waals surface area contributed by atoms with Gasteiger partial charge in [-0.2, -0.15) is 0 Å². The van der Waals surface area contributed by atoms with Crippen LogP contribution < -0.4 is 10.2 Å². The van der Waals surface area contributed by atoms with Gasteiger partial charge in [-0.05, 0) is 30.7 Å². The number of likely N-dealkylation sites (N-methyl/N-ethyl adjacent to an activating group) is 1. The van der Waals surface area contributed by atoms with E-state index in [4.69, 9.17) is 9.72 Å². The molecule has 1 unspecified atom stereocenters. The van der Waals surface area contributed by atoms with Gasteiger partial charge in [0.15, 0.2) is 0 Å². The first-order valence-electron chi connectivity index (χ1n) is 7.94. The van der Waals surface area contributed by atoms with Crippen LogP contribution in [0.3, 0.4) is 0 Å². The fourth-order valence-corrected chi connectivity index (χ4v) is 2.52. The molecule has 0 aromatic carbocycles. The van der Waals surface area contributed by atoms with Crippen molar-refractivity contribution >= 4 is 5.82 Å². The van der Waals surface area contributed by atoms with Gasteiger partial charge in [0.05, 0.1) is 12.6 Å². The molecule has 4 nitrogen and oxygen atoms in total. The third-order valence-corrected chi connectivity index (χ3v) is 4.03. The Kier molecular flexibility index (Phi) is 5.22. The second-order valence-corrected chi connectivity index (χ2v) is 6.88. The van der Waals surface area contributed by atoms with Gasteiger partial charge in [0, 0.05) is 31.3 Å². The number of pyridine rings is 1. The summed E-state index contributed by atoms with van der Waals surface area (Å²) in [5.74, 6) is 1.06. The van der Waals surface area contributed by atoms with Crippen molar-refractivity contribution in [3.8, 4) is 0 Å². The van der Waals surface area contributed by atoms with Gasteiger partial charge in [-0.25, -0.2) is 4.98 Å². The van der Waals surface area contributed by atoms with E-state index in [1.165, 1.54) is 5.56 Å². The Morgan fingerprint density at radius 2 is 2.14 bits per heavy atom. The third kappa shape index (κ3) is 4.17. The second kappa shape index (κ2) is 6.75. The van der Waals surface area contributed by atoms with E-state index >= 15 is 0 Å². The van der Waals surface area contributed by atoms with Gasteiger partial charge in [0.2, 0.25) is 0 Å². The molecule has 0 radical (unpaired) electrons. The molecule has 0 bridgehead atoms. The Morgan fingerprint density at radius 1 is 1.38 bits per heavy atom. The van der Waals surface area contributed by atoms with Gasteiger partial charge in [0.25, 0.3) is 0 Å². The van der Waals surface area contributed by atoms with Crippen LogP contribution in [0.4, 0.5) is 5.82 Å². The Bertz CT molecular complexity index is 462. The lowest BCUT2D eigenvalue weighted by Crippen LogP contribution is -2.33. The highest BCUT2D eigenvalue weighted by Crippen LogP contribution is 2.26. The van der Waals surface area contributed by atoms with Crippen molar-refractivity contribution in [2.75, 3.05) is 31.7 Å². The van der Waals surface area contributed by atoms with E-state index in [-0.39, 0.29) is 5.41 Å². The maximum atomic E-state index is 5.51. The third-order valence-electron chi connectivity index (χ3n) is 4.03. The molecule has 0 amide bonds. The van der Waals surface area contributed by atoms with E-state index in [9.17, 15) is 0 Å². The maximum absolute atomic E-state index is 5.51. The number of ether oxygens (including phenoxy) is 1. The first-order valence-corrected chi connectivity index (χ1v) is 7.94. The normalized spacial score (nSPS) is 19.0. The van der Waals surface area contributed by atoms with Gasteiger partial charge in [-0.15, -0.1) is 0 Å². The summed E-state index contributed by atoms with van der Waals surface area (Å²) in [6.07, 6.45) is 1.08. The van der Waals surface area contributed by atoms with E-state index in [1.807, 2.05) is 0 Å². The number of nitrogens with zero attached hydrogens (tertiary/aromatic N) is 2.